The largest absolute Gasteiger partial charge is 0.395 e. The van der Waals surface area contributed by atoms with Crippen LogP contribution < -0.4 is 5.32 Å². The third-order valence-corrected chi connectivity index (χ3v) is 4.85. The number of aliphatic hydroxyl groups excluding tert-OH is 1. The first-order chi connectivity index (χ1) is 8.45. The smallest absolute Gasteiger partial charge is 0.252 e. The van der Waals surface area contributed by atoms with Crippen LogP contribution in [0.1, 0.15) is 19.3 Å². The fourth-order valence-corrected chi connectivity index (χ4v) is 3.74. The second-order valence-corrected chi connectivity index (χ2v) is 6.41. The van der Waals surface area contributed by atoms with E-state index < -0.39 is 29.6 Å². The van der Waals surface area contributed by atoms with Crippen molar-refractivity contribution in [2.24, 2.45) is 0 Å². The third-order valence-electron chi connectivity index (χ3n) is 2.91. The Hall–Kier alpha value is -0.310. The molecule has 5 nitrogen and oxygen atoms in total. The number of piperidine rings is 1. The van der Waals surface area contributed by atoms with Crippen molar-refractivity contribution >= 4 is 10.0 Å². The van der Waals surface area contributed by atoms with Crippen molar-refractivity contribution in [3.63, 3.8) is 0 Å². The van der Waals surface area contributed by atoms with E-state index in [1.54, 1.807) is 0 Å². The lowest BCUT2D eigenvalue weighted by Crippen LogP contribution is -2.46. The molecule has 0 aromatic carbocycles. The highest BCUT2D eigenvalue weighted by molar-refractivity contribution is 7.89. The minimum Gasteiger partial charge on any atom is -0.395 e. The quantitative estimate of drug-likeness (QED) is 0.692. The molecule has 1 aliphatic heterocycles. The summed E-state index contributed by atoms with van der Waals surface area (Å²) in [6.45, 7) is -0.825. The Labute approximate surface area is 106 Å². The standard InChI is InChI=1S/C10H20F2N2O3S/c11-10(12)7-14(5-6-15)18(16,17)8-9-3-1-2-4-13-9/h9-10,13,15H,1-8H2. The highest BCUT2D eigenvalue weighted by Gasteiger charge is 2.28. The zero-order valence-electron chi connectivity index (χ0n) is 10.2. The molecule has 0 aliphatic carbocycles. The van der Waals surface area contributed by atoms with Gasteiger partial charge in [0.05, 0.1) is 18.9 Å². The number of hydrogen-bond donors (Lipinski definition) is 2. The number of hydrogen-bond acceptors (Lipinski definition) is 4. The van der Waals surface area contributed by atoms with Crippen molar-refractivity contribution < 1.29 is 22.3 Å². The minimum absolute atomic E-state index is 0.178. The molecular formula is C10H20F2N2O3S. The minimum atomic E-state index is -3.75. The van der Waals surface area contributed by atoms with Crippen molar-refractivity contribution in [2.75, 3.05) is 32.0 Å². The summed E-state index contributed by atoms with van der Waals surface area (Å²) >= 11 is 0. The van der Waals surface area contributed by atoms with Gasteiger partial charge in [0.1, 0.15) is 0 Å². The highest BCUT2D eigenvalue weighted by atomic mass is 32.2. The highest BCUT2D eigenvalue weighted by Crippen LogP contribution is 2.13. The van der Waals surface area contributed by atoms with Gasteiger partial charge in [-0.3, -0.25) is 0 Å². The molecule has 1 atom stereocenters. The normalized spacial score (nSPS) is 21.7. The van der Waals surface area contributed by atoms with Gasteiger partial charge >= 0.3 is 0 Å². The topological polar surface area (TPSA) is 69.6 Å². The maximum atomic E-state index is 12.3. The van der Waals surface area contributed by atoms with Gasteiger partial charge in [-0.05, 0) is 19.4 Å². The van der Waals surface area contributed by atoms with Crippen molar-refractivity contribution in [1.29, 1.82) is 0 Å². The molecule has 0 saturated carbocycles. The first-order valence-electron chi connectivity index (χ1n) is 6.06. The van der Waals surface area contributed by atoms with Crippen LogP contribution in [0.5, 0.6) is 0 Å². The average molecular weight is 286 g/mol. The lowest BCUT2D eigenvalue weighted by Gasteiger charge is -2.27. The predicted molar refractivity (Wildman–Crippen MR) is 64.1 cm³/mol. The fourth-order valence-electron chi connectivity index (χ4n) is 2.04. The van der Waals surface area contributed by atoms with Gasteiger partial charge in [0.15, 0.2) is 0 Å². The first kappa shape index (κ1) is 15.7. The van der Waals surface area contributed by atoms with Gasteiger partial charge in [-0.1, -0.05) is 6.42 Å². The Balaban J connectivity index is 2.61. The summed E-state index contributed by atoms with van der Waals surface area (Å²) < 4.78 is 49.2. The number of alkyl halides is 2. The average Bonchev–Trinajstić information content (AvgIpc) is 2.28. The van der Waals surface area contributed by atoms with E-state index in [1.807, 2.05) is 0 Å². The molecular weight excluding hydrogens is 266 g/mol. The van der Waals surface area contributed by atoms with E-state index in [2.05, 4.69) is 5.32 Å². The summed E-state index contributed by atoms with van der Waals surface area (Å²) in [5.74, 6) is -0.181. The molecule has 1 unspecified atom stereocenters. The van der Waals surface area contributed by atoms with Crippen molar-refractivity contribution in [3.05, 3.63) is 0 Å². The van der Waals surface area contributed by atoms with Crippen molar-refractivity contribution in [2.45, 2.75) is 31.7 Å². The number of halogens is 2. The van der Waals surface area contributed by atoms with Crippen LogP contribution in [-0.4, -0.2) is 62.3 Å². The number of aliphatic hydroxyl groups is 1. The second kappa shape index (κ2) is 7.32. The molecule has 108 valence electrons. The van der Waals surface area contributed by atoms with Gasteiger partial charge in [-0.15, -0.1) is 0 Å². The van der Waals surface area contributed by atoms with E-state index in [1.165, 1.54) is 0 Å². The molecule has 1 rings (SSSR count). The summed E-state index contributed by atoms with van der Waals surface area (Å²) in [5, 5.41) is 11.8. The van der Waals surface area contributed by atoms with E-state index in [0.29, 0.717) is 4.31 Å². The zero-order valence-corrected chi connectivity index (χ0v) is 11.0. The molecule has 0 radical (unpaired) electrons. The summed E-state index contributed by atoms with van der Waals surface area (Å²) in [7, 11) is -3.75. The molecule has 1 fully saturated rings. The number of sulfonamides is 1. The Morgan fingerprint density at radius 3 is 2.61 bits per heavy atom. The summed E-state index contributed by atoms with van der Waals surface area (Å²) in [6.07, 6.45) is -0.0396. The fraction of sp³-hybridized carbons (Fsp3) is 1.00. The maximum absolute atomic E-state index is 12.3. The molecule has 0 amide bonds. The van der Waals surface area contributed by atoms with Crippen LogP contribution in [0.15, 0.2) is 0 Å². The van der Waals surface area contributed by atoms with Crippen LogP contribution in [0.4, 0.5) is 8.78 Å². The monoisotopic (exact) mass is 286 g/mol. The van der Waals surface area contributed by atoms with Gasteiger partial charge in [0, 0.05) is 12.6 Å². The van der Waals surface area contributed by atoms with E-state index in [9.17, 15) is 17.2 Å². The number of rotatable bonds is 7. The first-order valence-corrected chi connectivity index (χ1v) is 7.67. The number of nitrogens with one attached hydrogen (secondary N) is 1. The molecule has 0 aromatic rings. The molecule has 0 aromatic heterocycles. The van der Waals surface area contributed by atoms with Crippen LogP contribution in [0.25, 0.3) is 0 Å². The molecule has 1 saturated heterocycles. The lowest BCUT2D eigenvalue weighted by atomic mass is 10.1. The summed E-state index contributed by atoms with van der Waals surface area (Å²) in [5.41, 5.74) is 0. The van der Waals surface area contributed by atoms with Crippen molar-refractivity contribution in [1.82, 2.24) is 9.62 Å². The maximum Gasteiger partial charge on any atom is 0.252 e. The van der Waals surface area contributed by atoms with Crippen LogP contribution in [0, 0.1) is 0 Å². The second-order valence-electron chi connectivity index (χ2n) is 4.40. The Bertz CT molecular complexity index is 332. The van der Waals surface area contributed by atoms with Gasteiger partial charge in [0.25, 0.3) is 6.43 Å². The summed E-state index contributed by atoms with van der Waals surface area (Å²) in [6, 6.07) is -0.178. The zero-order chi connectivity index (χ0) is 13.6. The van der Waals surface area contributed by atoms with Crippen LogP contribution in [0.2, 0.25) is 0 Å². The van der Waals surface area contributed by atoms with Gasteiger partial charge in [0.2, 0.25) is 10.0 Å². The number of nitrogens with zero attached hydrogens (tertiary/aromatic N) is 1. The van der Waals surface area contributed by atoms with E-state index in [0.717, 1.165) is 25.8 Å². The SMILES string of the molecule is O=S(=O)(CC1CCCCN1)N(CCO)CC(F)F. The molecule has 18 heavy (non-hydrogen) atoms. The van der Waals surface area contributed by atoms with E-state index >= 15 is 0 Å². The van der Waals surface area contributed by atoms with E-state index in [-0.39, 0.29) is 18.3 Å². The summed E-state index contributed by atoms with van der Waals surface area (Å²) in [4.78, 5) is 0. The Morgan fingerprint density at radius 1 is 1.39 bits per heavy atom. The van der Waals surface area contributed by atoms with Gasteiger partial charge in [-0.2, -0.15) is 4.31 Å². The molecule has 1 heterocycles. The third kappa shape index (κ3) is 5.13. The molecule has 1 aliphatic rings. The van der Waals surface area contributed by atoms with Crippen molar-refractivity contribution in [3.8, 4) is 0 Å². The van der Waals surface area contributed by atoms with Gasteiger partial charge in [-0.25, -0.2) is 17.2 Å². The Kier molecular flexibility index (Phi) is 6.40. The van der Waals surface area contributed by atoms with Crippen LogP contribution >= 0.6 is 0 Å². The van der Waals surface area contributed by atoms with Crippen LogP contribution in [0.3, 0.4) is 0 Å². The Morgan fingerprint density at radius 2 is 2.11 bits per heavy atom. The molecule has 0 spiro atoms. The predicted octanol–water partition coefficient (Wildman–Crippen LogP) is 0.0177. The molecule has 8 heteroatoms. The molecule has 0 bridgehead atoms. The lowest BCUT2D eigenvalue weighted by molar-refractivity contribution is 0.113. The molecule has 2 N–H and O–H groups in total. The van der Waals surface area contributed by atoms with Crippen LogP contribution in [-0.2, 0) is 10.0 Å². The van der Waals surface area contributed by atoms with E-state index in [4.69, 9.17) is 5.11 Å². The van der Waals surface area contributed by atoms with Gasteiger partial charge < -0.3 is 10.4 Å².